The molecule has 3 aromatic rings. The Morgan fingerprint density at radius 2 is 1.53 bits per heavy atom. The molecule has 1 aliphatic rings. The Balaban J connectivity index is 1.51. The maximum Gasteiger partial charge on any atom is 0.417 e. The average Bonchev–Trinajstić information content (AvgIpc) is 3.18. The molecular formula is C30H33NO6S. The van der Waals surface area contributed by atoms with Crippen molar-refractivity contribution in [1.82, 2.24) is 4.90 Å². The van der Waals surface area contributed by atoms with E-state index in [1.54, 1.807) is 32.9 Å². The van der Waals surface area contributed by atoms with E-state index in [1.807, 2.05) is 61.5 Å². The number of carbonyl (C=O) groups excluding carboxylic acids is 2. The predicted octanol–water partition coefficient (Wildman–Crippen LogP) is 5.76. The second-order valence-electron chi connectivity index (χ2n) is 10.6. The van der Waals surface area contributed by atoms with Crippen LogP contribution in [0.2, 0.25) is 0 Å². The zero-order chi connectivity index (χ0) is 27.5. The molecule has 0 saturated carbocycles. The Kier molecular flexibility index (Phi) is 8.04. The summed E-state index contributed by atoms with van der Waals surface area (Å²) in [7, 11) is -4.05. The number of carbonyl (C=O) groups is 2. The molecule has 4 rings (SSSR count). The van der Waals surface area contributed by atoms with Crippen LogP contribution in [-0.2, 0) is 30.3 Å². The molecule has 0 N–H and O–H groups in total. The zero-order valence-corrected chi connectivity index (χ0v) is 22.9. The molecule has 38 heavy (non-hydrogen) atoms. The molecule has 1 heterocycles. The topological polar surface area (TPSA) is 90.0 Å². The smallest absolute Gasteiger partial charge is 0.417 e. The highest BCUT2D eigenvalue weighted by Crippen LogP contribution is 2.31. The molecule has 8 heteroatoms. The van der Waals surface area contributed by atoms with E-state index in [9.17, 15) is 18.0 Å². The molecule has 1 fully saturated rings. The van der Waals surface area contributed by atoms with Crippen molar-refractivity contribution in [2.45, 2.75) is 57.1 Å². The van der Waals surface area contributed by atoms with Crippen LogP contribution in [0.5, 0.6) is 0 Å². The van der Waals surface area contributed by atoms with E-state index in [0.717, 1.165) is 27.2 Å². The van der Waals surface area contributed by atoms with Crippen LogP contribution in [0.15, 0.2) is 83.8 Å². The summed E-state index contributed by atoms with van der Waals surface area (Å²) in [6, 6.07) is 23.8. The van der Waals surface area contributed by atoms with Crippen molar-refractivity contribution in [2.24, 2.45) is 5.92 Å². The molecule has 2 amide bonds. The highest BCUT2D eigenvalue weighted by Gasteiger charge is 2.45. The van der Waals surface area contributed by atoms with Gasteiger partial charge in [-0.1, -0.05) is 72.3 Å². The van der Waals surface area contributed by atoms with Crippen molar-refractivity contribution < 1.29 is 26.9 Å². The van der Waals surface area contributed by atoms with Crippen molar-refractivity contribution >= 4 is 22.1 Å². The van der Waals surface area contributed by atoms with E-state index < -0.39 is 39.7 Å². The van der Waals surface area contributed by atoms with Crippen molar-refractivity contribution in [2.75, 3.05) is 6.61 Å². The van der Waals surface area contributed by atoms with Crippen LogP contribution in [0.3, 0.4) is 0 Å². The van der Waals surface area contributed by atoms with E-state index in [1.165, 1.54) is 12.1 Å². The van der Waals surface area contributed by atoms with Gasteiger partial charge in [0.15, 0.2) is 0 Å². The Bertz CT molecular complexity index is 1380. The van der Waals surface area contributed by atoms with Gasteiger partial charge in [-0.25, -0.2) is 9.69 Å². The Morgan fingerprint density at radius 3 is 2.13 bits per heavy atom. The van der Waals surface area contributed by atoms with Crippen LogP contribution >= 0.6 is 0 Å². The molecule has 0 radical (unpaired) electrons. The summed E-state index contributed by atoms with van der Waals surface area (Å²) in [5.41, 5.74) is 3.24. The number of hydrogen-bond donors (Lipinski definition) is 0. The van der Waals surface area contributed by atoms with E-state index in [4.69, 9.17) is 8.92 Å². The fraction of sp³-hybridized carbons (Fsp3) is 0.333. The minimum atomic E-state index is -4.05. The number of hydrogen-bond acceptors (Lipinski definition) is 6. The Morgan fingerprint density at radius 1 is 0.921 bits per heavy atom. The molecule has 2 unspecified atom stereocenters. The van der Waals surface area contributed by atoms with E-state index in [2.05, 4.69) is 0 Å². The van der Waals surface area contributed by atoms with Crippen molar-refractivity contribution in [1.29, 1.82) is 0 Å². The third kappa shape index (κ3) is 6.68. The summed E-state index contributed by atoms with van der Waals surface area (Å²) in [5.74, 6) is -1.29. The lowest BCUT2D eigenvalue weighted by molar-refractivity contribution is -0.131. The van der Waals surface area contributed by atoms with E-state index >= 15 is 0 Å². The van der Waals surface area contributed by atoms with Crippen molar-refractivity contribution in [3.05, 3.63) is 90.0 Å². The summed E-state index contributed by atoms with van der Waals surface area (Å²) < 4.78 is 36.2. The van der Waals surface area contributed by atoms with Crippen LogP contribution in [0.4, 0.5) is 4.79 Å². The molecule has 7 nitrogen and oxygen atoms in total. The normalized spacial score (nSPS) is 18.0. The Hall–Kier alpha value is -3.49. The fourth-order valence-electron chi connectivity index (χ4n) is 4.46. The van der Waals surface area contributed by atoms with E-state index in [0.29, 0.717) is 6.42 Å². The molecule has 200 valence electrons. The molecule has 0 aromatic heterocycles. The lowest BCUT2D eigenvalue weighted by Crippen LogP contribution is -2.43. The molecule has 3 aromatic carbocycles. The van der Waals surface area contributed by atoms with Crippen LogP contribution in [-0.4, -0.2) is 43.6 Å². The van der Waals surface area contributed by atoms with Crippen LogP contribution < -0.4 is 0 Å². The first-order chi connectivity index (χ1) is 17.9. The van der Waals surface area contributed by atoms with Gasteiger partial charge in [-0.05, 0) is 69.4 Å². The molecule has 2 atom stereocenters. The first-order valence-corrected chi connectivity index (χ1v) is 14.0. The number of aryl methyl sites for hydroxylation is 1. The number of nitrogens with zero attached hydrogens (tertiary/aromatic N) is 1. The molecule has 1 saturated heterocycles. The third-order valence-corrected chi connectivity index (χ3v) is 7.66. The highest BCUT2D eigenvalue weighted by molar-refractivity contribution is 7.86. The quantitative estimate of drug-likeness (QED) is 0.357. The van der Waals surface area contributed by atoms with Gasteiger partial charge in [0.1, 0.15) is 5.60 Å². The minimum Gasteiger partial charge on any atom is -0.443 e. The van der Waals surface area contributed by atoms with Gasteiger partial charge in [-0.2, -0.15) is 8.42 Å². The number of imide groups is 1. The SMILES string of the molecule is Cc1ccc(S(=O)(=O)OCC2CC(Cc3ccc(-c4ccccc4)cc3)N(C(=O)OC(C)(C)C)C2=O)cc1. The number of likely N-dealkylation sites (tertiary alicyclic amines) is 1. The monoisotopic (exact) mass is 535 g/mol. The summed E-state index contributed by atoms with van der Waals surface area (Å²) in [6.45, 7) is 6.71. The highest BCUT2D eigenvalue weighted by atomic mass is 32.2. The fourth-order valence-corrected chi connectivity index (χ4v) is 5.40. The summed E-state index contributed by atoms with van der Waals surface area (Å²) >= 11 is 0. The second kappa shape index (κ2) is 11.1. The lowest BCUT2D eigenvalue weighted by Gasteiger charge is -2.27. The van der Waals surface area contributed by atoms with Gasteiger partial charge < -0.3 is 4.74 Å². The van der Waals surface area contributed by atoms with Crippen LogP contribution in [0.25, 0.3) is 11.1 Å². The number of benzene rings is 3. The molecule has 1 aliphatic heterocycles. The standard InChI is InChI=1S/C30H33NO6S/c1-21-10-16-27(17-11-21)38(34,35)36-20-25-19-26(31(28(25)32)29(33)37-30(2,3)4)18-22-12-14-24(15-13-22)23-8-6-5-7-9-23/h5-17,25-26H,18-20H2,1-4H3. The maximum atomic E-state index is 13.3. The first kappa shape index (κ1) is 27.5. The van der Waals surface area contributed by atoms with Gasteiger partial charge in [0.05, 0.1) is 17.4 Å². The van der Waals surface area contributed by atoms with Crippen molar-refractivity contribution in [3.63, 3.8) is 0 Å². The number of amides is 2. The summed E-state index contributed by atoms with van der Waals surface area (Å²) in [4.78, 5) is 27.5. The minimum absolute atomic E-state index is 0.0209. The van der Waals surface area contributed by atoms with Crippen molar-refractivity contribution in [3.8, 4) is 11.1 Å². The first-order valence-electron chi connectivity index (χ1n) is 12.6. The lowest BCUT2D eigenvalue weighted by atomic mass is 9.98. The summed E-state index contributed by atoms with van der Waals surface area (Å²) in [6.07, 6.45) is -0.0549. The molecule has 0 aliphatic carbocycles. The largest absolute Gasteiger partial charge is 0.443 e. The van der Waals surface area contributed by atoms with Gasteiger partial charge in [0.2, 0.25) is 5.91 Å². The number of ether oxygens (including phenoxy) is 1. The zero-order valence-electron chi connectivity index (χ0n) is 22.1. The van der Waals surface area contributed by atoms with Gasteiger partial charge in [0.25, 0.3) is 10.1 Å². The van der Waals surface area contributed by atoms with Crippen LogP contribution in [0, 0.1) is 12.8 Å². The van der Waals surface area contributed by atoms with Crippen LogP contribution in [0.1, 0.15) is 38.3 Å². The van der Waals surface area contributed by atoms with E-state index in [-0.39, 0.29) is 17.9 Å². The van der Waals surface area contributed by atoms with Gasteiger partial charge in [-0.15, -0.1) is 0 Å². The maximum absolute atomic E-state index is 13.3. The third-order valence-electron chi connectivity index (χ3n) is 6.37. The molecular weight excluding hydrogens is 502 g/mol. The Labute approximate surface area is 224 Å². The molecule has 0 spiro atoms. The summed E-state index contributed by atoms with van der Waals surface area (Å²) in [5, 5.41) is 0. The predicted molar refractivity (Wildman–Crippen MR) is 145 cm³/mol. The molecule has 0 bridgehead atoms. The van der Waals surface area contributed by atoms with Gasteiger partial charge in [-0.3, -0.25) is 8.98 Å². The van der Waals surface area contributed by atoms with Gasteiger partial charge >= 0.3 is 6.09 Å². The average molecular weight is 536 g/mol. The number of rotatable bonds is 7. The van der Waals surface area contributed by atoms with Gasteiger partial charge in [0, 0.05) is 6.04 Å². The second-order valence-corrected chi connectivity index (χ2v) is 12.2.